The van der Waals surface area contributed by atoms with Crippen molar-refractivity contribution in [3.63, 3.8) is 0 Å². The van der Waals surface area contributed by atoms with Crippen LogP contribution in [0.2, 0.25) is 0 Å². The Kier molecular flexibility index (Phi) is 941. The van der Waals surface area contributed by atoms with Gasteiger partial charge in [-0.25, -0.2) is 0 Å². The van der Waals surface area contributed by atoms with E-state index in [9.17, 15) is 0 Å². The standard InChI is InChI=1S/C2H5S.2CH4.B4.B.3F2.FH.V/c1-3-2;;;1-4(2)3;;3*1-2;;/h1H2,2H3;2*1H4;;;;;;1H;/q-1;;;;;;;;;. The topological polar surface area (TPSA) is 0 Å². The van der Waals surface area contributed by atoms with E-state index in [0.29, 0.717) is 0 Å². The number of thioether (sulfide) groups is 1. The summed E-state index contributed by atoms with van der Waals surface area (Å²) in [6.45, 7) is 0. The van der Waals surface area contributed by atoms with Crippen LogP contribution in [0.1, 0.15) is 14.9 Å². The normalized spacial score (nSPS) is 3.33. The molecule has 0 aromatic rings. The second-order valence-electron chi connectivity index (χ2n) is 0.866. The van der Waals surface area contributed by atoms with Crippen molar-refractivity contribution >= 4 is 49.8 Å². The van der Waals surface area contributed by atoms with Crippen molar-refractivity contribution in [1.82, 2.24) is 0 Å². The molecule has 18 heavy (non-hydrogen) atoms. The van der Waals surface area contributed by atoms with Crippen molar-refractivity contribution in [2.45, 2.75) is 14.9 Å². The third-order valence-electron chi connectivity index (χ3n) is 0. The fourth-order valence-electron chi connectivity index (χ4n) is 0. The quantitative estimate of drug-likeness (QED) is 0.373. The Morgan fingerprint density at radius 3 is 0.889 bits per heavy atom. The smallest absolute Gasteiger partial charge is 0 e. The number of halogens is 7. The summed E-state index contributed by atoms with van der Waals surface area (Å²) in [4.78, 5) is 0. The van der Waals surface area contributed by atoms with Gasteiger partial charge in [-0.1, -0.05) is 14.9 Å². The first-order valence-electron chi connectivity index (χ1n) is 2.13. The third-order valence-corrected chi connectivity index (χ3v) is 0. The van der Waals surface area contributed by atoms with Crippen LogP contribution in [0.15, 0.2) is 0 Å². The number of hydrogen-bond acceptors (Lipinski definition) is 1. The van der Waals surface area contributed by atoms with Gasteiger partial charge in [-0.15, -0.1) is 0 Å². The van der Waals surface area contributed by atoms with Crippen LogP contribution in [-0.2, 0) is 18.6 Å². The van der Waals surface area contributed by atoms with Crippen molar-refractivity contribution in [2.24, 2.45) is 0 Å². The molecule has 0 aliphatic carbocycles. The molecular weight excluding hydrogens is 318 g/mol. The van der Waals surface area contributed by atoms with E-state index >= 15 is 0 Å². The molecule has 0 saturated heterocycles. The predicted octanol–water partition coefficient (Wildman–Crippen LogP) is 3.18. The van der Waals surface area contributed by atoms with Crippen LogP contribution in [0.5, 0.6) is 0 Å². The molecule has 14 heteroatoms. The molecule has 0 heterocycles. The van der Waals surface area contributed by atoms with Crippen LogP contribution >= 0.6 is 11.8 Å². The Hall–Kier alpha value is 0.769. The molecule has 0 nitrogen and oxygen atoms in total. The van der Waals surface area contributed by atoms with E-state index < -0.39 is 6.39 Å². The average molecular weight is 332 g/mol. The summed E-state index contributed by atoms with van der Waals surface area (Å²) in [5.41, 5.74) is 0. The van der Waals surface area contributed by atoms with Crippen LogP contribution in [0.25, 0.3) is 0 Å². The van der Waals surface area contributed by atoms with Gasteiger partial charge in [-0.3, -0.25) is 11.0 Å². The molecule has 10 radical (unpaired) electrons. The Balaban J connectivity index is -0.00000000535. The van der Waals surface area contributed by atoms with Crippen LogP contribution in [-0.4, -0.2) is 44.3 Å². The van der Waals surface area contributed by atoms with E-state index in [1.54, 1.807) is 0 Å². The Labute approximate surface area is 128 Å². The maximum Gasteiger partial charge on any atom is 0 e. The van der Waals surface area contributed by atoms with Gasteiger partial charge in [0.05, 0.1) is 0 Å². The van der Waals surface area contributed by atoms with Gasteiger partial charge in [-0.05, 0) is 6.26 Å². The average Bonchev–Trinajstić information content (AvgIpc) is 2.14. The minimum Gasteiger partial charge on any atom is -0.357 e. The Morgan fingerprint density at radius 2 is 0.889 bits per heavy atom. The summed E-state index contributed by atoms with van der Waals surface area (Å²) < 4.78 is 48.0. The Morgan fingerprint density at radius 1 is 0.889 bits per heavy atom. The molecule has 0 atom stereocenters. The summed E-state index contributed by atoms with van der Waals surface area (Å²) in [6.07, 6.45) is 4.67. The van der Waals surface area contributed by atoms with Gasteiger partial charge in [0, 0.05) is 84.0 Å². The van der Waals surface area contributed by atoms with Crippen molar-refractivity contribution in [3.05, 3.63) is 6.26 Å². The predicted molar refractivity (Wildman–Crippen MR) is 70.3 cm³/mol. The summed E-state index contributed by atoms with van der Waals surface area (Å²) in [7, 11) is 14.0. The molecule has 0 rings (SSSR count). The zero-order valence-corrected chi connectivity index (χ0v) is 10.3. The molecule has 0 saturated carbocycles. The second kappa shape index (κ2) is 220. The summed E-state index contributed by atoms with van der Waals surface area (Å²) >= 11 is 1.50. The monoisotopic (exact) mass is 333 g/mol. The van der Waals surface area contributed by atoms with Crippen molar-refractivity contribution in [1.29, 1.82) is 0 Å². The molecule has 0 amide bonds. The van der Waals surface area contributed by atoms with Crippen LogP contribution in [0.3, 0.4) is 0 Å². The van der Waals surface area contributed by atoms with E-state index in [2.05, 4.69) is 29.5 Å². The summed E-state index contributed by atoms with van der Waals surface area (Å²) in [5.74, 6) is 0. The van der Waals surface area contributed by atoms with Gasteiger partial charge in [0.1, 0.15) is 0 Å². The second-order valence-corrected chi connectivity index (χ2v) is 1.44. The molecule has 0 spiro atoms. The minimum absolute atomic E-state index is 0. The minimum atomic E-state index is -0.667. The van der Waals surface area contributed by atoms with Crippen molar-refractivity contribution in [3.8, 4) is 0 Å². The third kappa shape index (κ3) is 7050. The van der Waals surface area contributed by atoms with E-state index in [1.165, 1.54) is 11.8 Å². The zero-order valence-electron chi connectivity index (χ0n) is 8.13. The summed E-state index contributed by atoms with van der Waals surface area (Å²) in [6, 6.07) is 0. The molecule has 0 aromatic carbocycles. The molecule has 0 aliphatic rings. The number of rotatable bonds is 0. The molecular formula is C4H14B5F7SV-. The van der Waals surface area contributed by atoms with Gasteiger partial charge in [0.2, 0.25) is 0 Å². The maximum absolute atomic E-state index is 8.00. The van der Waals surface area contributed by atoms with E-state index in [-0.39, 0.29) is 46.5 Å². The molecule has 0 unspecified atom stereocenters. The molecule has 106 valence electrons. The van der Waals surface area contributed by atoms with Gasteiger partial charge < -0.3 is 11.8 Å². The molecule has 0 fully saturated rings. The van der Waals surface area contributed by atoms with Crippen molar-refractivity contribution < 1.29 is 50.7 Å². The van der Waals surface area contributed by atoms with Gasteiger partial charge in [0.15, 0.2) is 0 Å². The molecule has 0 aliphatic heterocycles. The van der Waals surface area contributed by atoms with Crippen molar-refractivity contribution in [2.75, 3.05) is 6.26 Å². The van der Waals surface area contributed by atoms with E-state index in [1.807, 2.05) is 6.26 Å². The van der Waals surface area contributed by atoms with E-state index in [0.717, 1.165) is 0 Å². The first kappa shape index (κ1) is 77.1. The molecule has 0 N–H and O–H groups in total. The van der Waals surface area contributed by atoms with Crippen LogP contribution in [0.4, 0.5) is 32.1 Å². The van der Waals surface area contributed by atoms with Gasteiger partial charge in [0.25, 0.3) is 0 Å². The molecule has 0 bridgehead atoms. The fourth-order valence-corrected chi connectivity index (χ4v) is 0. The largest absolute Gasteiger partial charge is 0.357 e. The van der Waals surface area contributed by atoms with Gasteiger partial charge in [-0.2, -0.15) is 0 Å². The van der Waals surface area contributed by atoms with Crippen LogP contribution < -0.4 is 0 Å². The SMILES string of the molecule is C.C.F.FF.FF.FF.[B].[B]B([B])[B].[CH2-]SC.[V]. The first-order chi connectivity index (χ1) is 6.15. The Bertz CT molecular complexity index is 47.0. The van der Waals surface area contributed by atoms with Crippen LogP contribution in [0, 0.1) is 6.26 Å². The fraction of sp³-hybridized carbons (Fsp3) is 0.750. The maximum atomic E-state index is 8.00. The number of hydrogen-bond donors (Lipinski definition) is 0. The first-order valence-corrected chi connectivity index (χ1v) is 3.52. The molecule has 0 aromatic heterocycles. The zero-order chi connectivity index (χ0) is 12.3. The summed E-state index contributed by atoms with van der Waals surface area (Å²) in [5, 5.41) is 0. The van der Waals surface area contributed by atoms with Gasteiger partial charge >= 0.3 is 0 Å². The van der Waals surface area contributed by atoms with E-state index in [4.69, 9.17) is 27.4 Å².